The van der Waals surface area contributed by atoms with Gasteiger partial charge in [-0.15, -0.1) is 11.3 Å². The van der Waals surface area contributed by atoms with E-state index in [1.807, 2.05) is 30.3 Å². The van der Waals surface area contributed by atoms with E-state index in [0.717, 1.165) is 15.0 Å². The number of aliphatic hydroxyl groups is 2. The molecule has 3 rings (SSSR count). The Morgan fingerprint density at radius 2 is 1.97 bits per heavy atom. The molecule has 0 saturated heterocycles. The van der Waals surface area contributed by atoms with Crippen molar-refractivity contribution < 1.29 is 28.9 Å². The van der Waals surface area contributed by atoms with E-state index >= 15 is 0 Å². The second-order valence-corrected chi connectivity index (χ2v) is 9.19. The lowest BCUT2D eigenvalue weighted by atomic mass is 9.87. The first-order chi connectivity index (χ1) is 14.3. The highest BCUT2D eigenvalue weighted by molar-refractivity contribution is 7.19. The van der Waals surface area contributed by atoms with E-state index in [2.05, 4.69) is 0 Å². The molecule has 1 heterocycles. The van der Waals surface area contributed by atoms with Gasteiger partial charge in [-0.05, 0) is 30.4 Å². The minimum Gasteiger partial charge on any atom is -0.481 e. The van der Waals surface area contributed by atoms with Gasteiger partial charge in [0.05, 0.1) is 6.10 Å². The maximum absolute atomic E-state index is 14.4. The molecule has 2 aromatic rings. The zero-order chi connectivity index (χ0) is 21.7. The number of unbranched alkanes of at least 4 members (excludes halogenated alkanes) is 3. The smallest absolute Gasteiger partial charge is 0.303 e. The quantitative estimate of drug-likeness (QED) is 0.336. The first kappa shape index (κ1) is 22.8. The molecule has 0 spiro atoms. The molecule has 30 heavy (non-hydrogen) atoms. The van der Waals surface area contributed by atoms with Crippen molar-refractivity contribution in [2.24, 2.45) is 11.8 Å². The van der Waals surface area contributed by atoms with Gasteiger partial charge in [-0.1, -0.05) is 49.6 Å². The van der Waals surface area contributed by atoms with Crippen LogP contribution in [-0.2, 0) is 4.79 Å². The van der Waals surface area contributed by atoms with Crippen molar-refractivity contribution in [2.45, 2.75) is 63.1 Å². The summed E-state index contributed by atoms with van der Waals surface area (Å²) in [5, 5.41) is 30.4. The van der Waals surface area contributed by atoms with E-state index in [4.69, 9.17) is 5.11 Å². The van der Waals surface area contributed by atoms with E-state index in [-0.39, 0.29) is 12.8 Å². The molecule has 0 aliphatic heterocycles. The number of carboxylic acid groups (broad SMARTS) is 1. The lowest BCUT2D eigenvalue weighted by Crippen LogP contribution is -2.25. The Balaban J connectivity index is 1.60. The largest absolute Gasteiger partial charge is 0.481 e. The van der Waals surface area contributed by atoms with Crippen LogP contribution in [0.5, 0.6) is 0 Å². The molecule has 1 aliphatic carbocycles. The van der Waals surface area contributed by atoms with Crippen LogP contribution in [0.25, 0.3) is 10.1 Å². The normalized spacial score (nSPS) is 24.6. The highest BCUT2D eigenvalue weighted by atomic mass is 32.1. The second kappa shape index (κ2) is 9.98. The summed E-state index contributed by atoms with van der Waals surface area (Å²) in [7, 11) is 0. The highest BCUT2D eigenvalue weighted by Gasteiger charge is 2.53. The fraction of sp³-hybridized carbons (Fsp3) is 0.522. The predicted octanol–water partition coefficient (Wildman–Crippen LogP) is 5.55. The lowest BCUT2D eigenvalue weighted by Gasteiger charge is -2.23. The average Bonchev–Trinajstić information content (AvgIpc) is 3.20. The van der Waals surface area contributed by atoms with Crippen molar-refractivity contribution in [1.82, 2.24) is 0 Å². The standard InChI is InChI=1S/C23H28F2O4S/c24-23(25)14-19(27)16(17(23)8-3-1-2-4-10-22(28)29)11-12-18(26)21-13-15-7-5-6-9-20(15)30-21/h5-7,9,11-13,16-19,26-27H,1-4,8,10,14H2,(H,28,29)/t16-,17-,18?,19-/m1/s1. The molecule has 0 radical (unpaired) electrons. The van der Waals surface area contributed by atoms with Crippen LogP contribution in [0.3, 0.4) is 0 Å². The number of aliphatic carboxylic acids is 1. The zero-order valence-electron chi connectivity index (χ0n) is 16.7. The Morgan fingerprint density at radius 1 is 1.23 bits per heavy atom. The van der Waals surface area contributed by atoms with Crippen LogP contribution in [0.2, 0.25) is 0 Å². The van der Waals surface area contributed by atoms with Crippen LogP contribution in [-0.4, -0.2) is 33.3 Å². The molecule has 1 unspecified atom stereocenters. The number of carbonyl (C=O) groups is 1. The first-order valence-electron chi connectivity index (χ1n) is 10.4. The van der Waals surface area contributed by atoms with Crippen molar-refractivity contribution in [3.8, 4) is 0 Å². The van der Waals surface area contributed by atoms with Crippen molar-refractivity contribution in [3.63, 3.8) is 0 Å². The minimum absolute atomic E-state index is 0.0965. The van der Waals surface area contributed by atoms with Gasteiger partial charge in [0.25, 0.3) is 5.92 Å². The fourth-order valence-corrected chi connectivity index (χ4v) is 5.28. The number of alkyl halides is 2. The van der Waals surface area contributed by atoms with Gasteiger partial charge >= 0.3 is 5.97 Å². The molecule has 1 aliphatic rings. The molecule has 3 N–H and O–H groups in total. The summed E-state index contributed by atoms with van der Waals surface area (Å²) in [5.74, 6) is -5.47. The van der Waals surface area contributed by atoms with E-state index in [9.17, 15) is 23.8 Å². The van der Waals surface area contributed by atoms with Gasteiger partial charge in [-0.2, -0.15) is 0 Å². The molecule has 0 bridgehead atoms. The van der Waals surface area contributed by atoms with Gasteiger partial charge < -0.3 is 15.3 Å². The number of hydrogen-bond donors (Lipinski definition) is 3. The lowest BCUT2D eigenvalue weighted by molar-refractivity contribution is -0.137. The van der Waals surface area contributed by atoms with Gasteiger partial charge in [0.2, 0.25) is 0 Å². The van der Waals surface area contributed by atoms with Crippen LogP contribution in [0.1, 0.15) is 55.9 Å². The molecule has 1 aromatic carbocycles. The first-order valence-corrected chi connectivity index (χ1v) is 11.2. The maximum atomic E-state index is 14.4. The highest BCUT2D eigenvalue weighted by Crippen LogP contribution is 2.48. The number of fused-ring (bicyclic) bond motifs is 1. The topological polar surface area (TPSA) is 77.8 Å². The average molecular weight is 439 g/mol. The molecule has 4 atom stereocenters. The predicted molar refractivity (Wildman–Crippen MR) is 114 cm³/mol. The third-order valence-electron chi connectivity index (χ3n) is 5.84. The summed E-state index contributed by atoms with van der Waals surface area (Å²) in [4.78, 5) is 11.3. The molecular formula is C23H28F2O4S. The molecule has 1 fully saturated rings. The van der Waals surface area contributed by atoms with Crippen molar-refractivity contribution >= 4 is 27.4 Å². The summed E-state index contributed by atoms with van der Waals surface area (Å²) in [5.41, 5.74) is 0. The zero-order valence-corrected chi connectivity index (χ0v) is 17.5. The Labute approximate surface area is 178 Å². The molecule has 1 aromatic heterocycles. The number of aliphatic hydroxyl groups excluding tert-OH is 2. The van der Waals surface area contributed by atoms with Gasteiger partial charge in [0, 0.05) is 34.3 Å². The Hall–Kier alpha value is -1.83. The van der Waals surface area contributed by atoms with Crippen LogP contribution in [0.4, 0.5) is 8.78 Å². The molecule has 0 amide bonds. The van der Waals surface area contributed by atoms with E-state index < -0.39 is 42.4 Å². The molecule has 4 nitrogen and oxygen atoms in total. The SMILES string of the molecule is O=C(O)CCCCCC[C@@H]1[C@@H](C=CC(O)c2cc3ccccc3s2)[C@H](O)CC1(F)F. The summed E-state index contributed by atoms with van der Waals surface area (Å²) >= 11 is 1.46. The summed E-state index contributed by atoms with van der Waals surface area (Å²) in [6.45, 7) is 0. The monoisotopic (exact) mass is 438 g/mol. The molecular weight excluding hydrogens is 410 g/mol. The third kappa shape index (κ3) is 5.65. The Morgan fingerprint density at radius 3 is 2.70 bits per heavy atom. The molecule has 7 heteroatoms. The van der Waals surface area contributed by atoms with Crippen LogP contribution < -0.4 is 0 Å². The van der Waals surface area contributed by atoms with Crippen molar-refractivity contribution in [1.29, 1.82) is 0 Å². The van der Waals surface area contributed by atoms with E-state index in [0.29, 0.717) is 25.7 Å². The van der Waals surface area contributed by atoms with Crippen molar-refractivity contribution in [3.05, 3.63) is 47.4 Å². The van der Waals surface area contributed by atoms with Gasteiger partial charge in [0.1, 0.15) is 6.10 Å². The van der Waals surface area contributed by atoms with E-state index in [1.54, 1.807) is 6.08 Å². The maximum Gasteiger partial charge on any atom is 0.303 e. The number of benzene rings is 1. The van der Waals surface area contributed by atoms with E-state index in [1.165, 1.54) is 17.4 Å². The molecule has 164 valence electrons. The number of halogens is 2. The summed E-state index contributed by atoms with van der Waals surface area (Å²) in [6, 6.07) is 9.66. The van der Waals surface area contributed by atoms with Crippen LogP contribution in [0.15, 0.2) is 42.5 Å². The minimum atomic E-state index is -2.95. The van der Waals surface area contributed by atoms with Crippen LogP contribution >= 0.6 is 11.3 Å². The van der Waals surface area contributed by atoms with Gasteiger partial charge in [0.15, 0.2) is 0 Å². The number of rotatable bonds is 10. The Kier molecular flexibility index (Phi) is 7.60. The Bertz CT molecular complexity index is 846. The van der Waals surface area contributed by atoms with Gasteiger partial charge in [-0.3, -0.25) is 4.79 Å². The number of carboxylic acids is 1. The fourth-order valence-electron chi connectivity index (χ4n) is 4.25. The summed E-state index contributed by atoms with van der Waals surface area (Å²) < 4.78 is 29.9. The third-order valence-corrected chi connectivity index (χ3v) is 7.03. The number of thiophene rings is 1. The number of hydrogen-bond acceptors (Lipinski definition) is 4. The summed E-state index contributed by atoms with van der Waals surface area (Å²) in [6.07, 6.45) is 3.32. The van der Waals surface area contributed by atoms with Crippen molar-refractivity contribution in [2.75, 3.05) is 0 Å². The molecule has 1 saturated carbocycles. The second-order valence-electron chi connectivity index (χ2n) is 8.08. The van der Waals surface area contributed by atoms with Crippen LogP contribution in [0, 0.1) is 11.8 Å². The van der Waals surface area contributed by atoms with Gasteiger partial charge in [-0.25, -0.2) is 8.78 Å².